The van der Waals surface area contributed by atoms with Crippen LogP contribution in [-0.2, 0) is 0 Å². The minimum atomic E-state index is 0.133. The van der Waals surface area contributed by atoms with Crippen molar-refractivity contribution in [2.75, 3.05) is 4.90 Å². The topological polar surface area (TPSA) is 19.0 Å². The van der Waals surface area contributed by atoms with Gasteiger partial charge >= 0.3 is 0 Å². The largest absolute Gasteiger partial charge is 0.354 e. The summed E-state index contributed by atoms with van der Waals surface area (Å²) in [5.41, 5.74) is 13.1. The molecule has 2 aliphatic rings. The number of hydrogen-bond donors (Lipinski definition) is 1. The van der Waals surface area contributed by atoms with Gasteiger partial charge < -0.3 is 9.88 Å². The molecular formula is C38H26N2. The monoisotopic (exact) mass is 510 g/mol. The highest BCUT2D eigenvalue weighted by molar-refractivity contribution is 6.07. The van der Waals surface area contributed by atoms with Crippen molar-refractivity contribution in [2.24, 2.45) is 0 Å². The van der Waals surface area contributed by atoms with Gasteiger partial charge in [0.1, 0.15) is 0 Å². The summed E-state index contributed by atoms with van der Waals surface area (Å²) in [4.78, 5) is 6.49. The van der Waals surface area contributed by atoms with E-state index in [1.165, 1.54) is 72.1 Å². The molecule has 0 radical (unpaired) electrons. The molecule has 0 saturated heterocycles. The summed E-state index contributed by atoms with van der Waals surface area (Å²) >= 11 is 0. The van der Waals surface area contributed by atoms with Crippen LogP contribution in [0.5, 0.6) is 0 Å². The predicted molar refractivity (Wildman–Crippen MR) is 166 cm³/mol. The van der Waals surface area contributed by atoms with Gasteiger partial charge in [0.2, 0.25) is 0 Å². The number of fused-ring (bicyclic) bond motifs is 12. The van der Waals surface area contributed by atoms with Crippen molar-refractivity contribution < 1.29 is 0 Å². The number of H-pyrrole nitrogens is 1. The van der Waals surface area contributed by atoms with Gasteiger partial charge in [0, 0.05) is 33.5 Å². The summed E-state index contributed by atoms with van der Waals surface area (Å²) in [6, 6.07) is 51.2. The first-order valence-electron chi connectivity index (χ1n) is 14.0. The van der Waals surface area contributed by atoms with E-state index in [1.807, 2.05) is 0 Å². The number of aromatic amines is 1. The fraction of sp³-hybridized carbons (Fsp3) is 0.0526. The van der Waals surface area contributed by atoms with Crippen molar-refractivity contribution in [1.82, 2.24) is 4.98 Å². The molecule has 2 heteroatoms. The number of nitrogens with zero attached hydrogens (tertiary/aromatic N) is 1. The predicted octanol–water partition coefficient (Wildman–Crippen LogP) is 9.99. The van der Waals surface area contributed by atoms with Crippen LogP contribution in [0.25, 0.3) is 44.1 Å². The van der Waals surface area contributed by atoms with E-state index in [-0.39, 0.29) is 12.0 Å². The standard InChI is InChI=1S/C38H26N2/c1-3-13-24(14-4-1)31-23-25-15-7-8-18-27(25)37-34(31)35-33-30-21-11-12-22-32(30)39-36(33)28-19-9-10-20-29(28)38(35)40(37)26-16-5-2-6-17-26/h1-23,35,38-39H. The highest BCUT2D eigenvalue weighted by Gasteiger charge is 2.48. The second-order valence-electron chi connectivity index (χ2n) is 10.9. The Morgan fingerprint density at radius 1 is 0.550 bits per heavy atom. The fourth-order valence-electron chi connectivity index (χ4n) is 7.40. The quantitative estimate of drug-likeness (QED) is 0.245. The van der Waals surface area contributed by atoms with Crippen LogP contribution in [-0.4, -0.2) is 4.98 Å². The summed E-state index contributed by atoms with van der Waals surface area (Å²) in [5.74, 6) is 0.163. The van der Waals surface area contributed by atoms with Crippen LogP contribution in [0.1, 0.15) is 28.7 Å². The van der Waals surface area contributed by atoms with Gasteiger partial charge in [-0.1, -0.05) is 115 Å². The molecule has 2 unspecified atom stereocenters. The lowest BCUT2D eigenvalue weighted by atomic mass is 9.74. The molecule has 40 heavy (non-hydrogen) atoms. The van der Waals surface area contributed by atoms with Crippen molar-refractivity contribution in [3.05, 3.63) is 156 Å². The first-order valence-corrected chi connectivity index (χ1v) is 14.0. The molecule has 9 rings (SSSR count). The average molecular weight is 511 g/mol. The molecule has 1 aliphatic carbocycles. The summed E-state index contributed by atoms with van der Waals surface area (Å²) < 4.78 is 0. The fourth-order valence-corrected chi connectivity index (χ4v) is 7.40. The van der Waals surface area contributed by atoms with Gasteiger partial charge in [0.15, 0.2) is 0 Å². The summed E-state index contributed by atoms with van der Waals surface area (Å²) in [6.45, 7) is 0. The van der Waals surface area contributed by atoms with Crippen LogP contribution in [0.15, 0.2) is 140 Å². The van der Waals surface area contributed by atoms with Crippen LogP contribution in [0.2, 0.25) is 0 Å². The molecule has 0 fully saturated rings. The number of aromatic nitrogens is 1. The van der Waals surface area contributed by atoms with E-state index >= 15 is 0 Å². The van der Waals surface area contributed by atoms with Gasteiger partial charge in [0.25, 0.3) is 0 Å². The molecule has 188 valence electrons. The number of benzene rings is 6. The summed E-state index contributed by atoms with van der Waals surface area (Å²) in [6.07, 6.45) is 0. The molecule has 1 aromatic heterocycles. The SMILES string of the molecule is c1ccc(-c2cc3ccccc3c3c2C2c4c([nH]c5ccccc45)-c4ccccc4C2N3c2ccccc2)cc1. The maximum Gasteiger partial charge on any atom is 0.0709 e. The third kappa shape index (κ3) is 2.88. The minimum Gasteiger partial charge on any atom is -0.354 e. The number of hydrogen-bond acceptors (Lipinski definition) is 1. The average Bonchev–Trinajstić information content (AvgIpc) is 3.59. The van der Waals surface area contributed by atoms with Crippen molar-refractivity contribution in [3.63, 3.8) is 0 Å². The van der Waals surface area contributed by atoms with Crippen molar-refractivity contribution >= 4 is 33.1 Å². The van der Waals surface area contributed by atoms with E-state index in [0.717, 1.165) is 0 Å². The van der Waals surface area contributed by atoms with Crippen molar-refractivity contribution in [1.29, 1.82) is 0 Å². The maximum absolute atomic E-state index is 3.85. The molecule has 2 atom stereocenters. The highest BCUT2D eigenvalue weighted by atomic mass is 15.2. The molecule has 0 saturated carbocycles. The van der Waals surface area contributed by atoms with Gasteiger partial charge in [-0.05, 0) is 57.5 Å². The lowest BCUT2D eigenvalue weighted by Gasteiger charge is -2.36. The number of rotatable bonds is 2. The second kappa shape index (κ2) is 8.21. The molecular weight excluding hydrogens is 484 g/mol. The Labute approximate surface area is 233 Å². The van der Waals surface area contributed by atoms with E-state index in [0.29, 0.717) is 0 Å². The van der Waals surface area contributed by atoms with Crippen LogP contribution >= 0.6 is 0 Å². The number of anilines is 2. The molecule has 7 aromatic rings. The first-order chi connectivity index (χ1) is 19.9. The lowest BCUT2D eigenvalue weighted by Crippen LogP contribution is -2.26. The summed E-state index contributed by atoms with van der Waals surface area (Å²) in [5, 5.41) is 3.89. The van der Waals surface area contributed by atoms with E-state index in [2.05, 4.69) is 149 Å². The Hall–Kier alpha value is -5.08. The van der Waals surface area contributed by atoms with Crippen LogP contribution in [0.3, 0.4) is 0 Å². The molecule has 6 aromatic carbocycles. The van der Waals surface area contributed by atoms with Crippen LogP contribution in [0, 0.1) is 0 Å². The van der Waals surface area contributed by atoms with E-state index < -0.39 is 0 Å². The third-order valence-electron chi connectivity index (χ3n) is 8.93. The van der Waals surface area contributed by atoms with Gasteiger partial charge in [-0.25, -0.2) is 0 Å². The normalized spacial score (nSPS) is 16.9. The van der Waals surface area contributed by atoms with Gasteiger partial charge in [0.05, 0.1) is 17.4 Å². The van der Waals surface area contributed by atoms with E-state index in [1.54, 1.807) is 0 Å². The molecule has 1 aliphatic heterocycles. The van der Waals surface area contributed by atoms with E-state index in [9.17, 15) is 0 Å². The Morgan fingerprint density at radius 2 is 1.23 bits per heavy atom. The van der Waals surface area contributed by atoms with Gasteiger partial charge in [-0.2, -0.15) is 0 Å². The maximum atomic E-state index is 3.85. The number of nitrogens with one attached hydrogen (secondary N) is 1. The molecule has 1 N–H and O–H groups in total. The third-order valence-corrected chi connectivity index (χ3v) is 8.93. The van der Waals surface area contributed by atoms with Crippen molar-refractivity contribution in [3.8, 4) is 22.4 Å². The van der Waals surface area contributed by atoms with Crippen molar-refractivity contribution in [2.45, 2.75) is 12.0 Å². The molecule has 0 bridgehead atoms. The highest BCUT2D eigenvalue weighted by Crippen LogP contribution is 2.64. The molecule has 2 heterocycles. The van der Waals surface area contributed by atoms with Crippen LogP contribution < -0.4 is 4.90 Å². The second-order valence-corrected chi connectivity index (χ2v) is 10.9. The lowest BCUT2D eigenvalue weighted by molar-refractivity contribution is 0.654. The number of para-hydroxylation sites is 2. The smallest absolute Gasteiger partial charge is 0.0709 e. The Kier molecular flexibility index (Phi) is 4.48. The van der Waals surface area contributed by atoms with E-state index in [4.69, 9.17) is 0 Å². The summed E-state index contributed by atoms with van der Waals surface area (Å²) in [7, 11) is 0. The first kappa shape index (κ1) is 21.8. The van der Waals surface area contributed by atoms with Crippen LogP contribution in [0.4, 0.5) is 11.4 Å². The van der Waals surface area contributed by atoms with Gasteiger partial charge in [-0.15, -0.1) is 0 Å². The zero-order valence-corrected chi connectivity index (χ0v) is 21.9. The zero-order chi connectivity index (χ0) is 26.2. The Morgan fingerprint density at radius 3 is 2.08 bits per heavy atom. The molecule has 2 nitrogen and oxygen atoms in total. The molecule has 0 amide bonds. The Bertz CT molecular complexity index is 2070. The zero-order valence-electron chi connectivity index (χ0n) is 21.9. The minimum absolute atomic E-state index is 0.133. The Balaban J connectivity index is 1.49. The van der Waals surface area contributed by atoms with Gasteiger partial charge in [-0.3, -0.25) is 0 Å². The molecule has 0 spiro atoms.